The maximum absolute atomic E-state index is 13.9. The van der Waals surface area contributed by atoms with E-state index in [4.69, 9.17) is 11.6 Å². The number of nitrogens with one attached hydrogen (secondary N) is 1. The van der Waals surface area contributed by atoms with E-state index in [1.807, 2.05) is 12.3 Å². The van der Waals surface area contributed by atoms with E-state index in [2.05, 4.69) is 9.71 Å². The number of thiazole rings is 1. The Morgan fingerprint density at radius 1 is 1.29 bits per heavy atom. The van der Waals surface area contributed by atoms with Crippen LogP contribution in [0.4, 0.5) is 10.1 Å². The predicted octanol–water partition coefficient (Wildman–Crippen LogP) is 5.03. The number of aromatic nitrogens is 1. The Hall–Kier alpha value is -1.48. The smallest absolute Gasteiger partial charge is 0.271 e. The van der Waals surface area contributed by atoms with Crippen LogP contribution in [-0.4, -0.2) is 13.4 Å². The van der Waals surface area contributed by atoms with Gasteiger partial charge in [-0.2, -0.15) is 0 Å². The molecule has 2 heterocycles. The predicted molar refractivity (Wildman–Crippen MR) is 97.0 cm³/mol. The highest BCUT2D eigenvalue weighted by molar-refractivity contribution is 7.94. The first-order valence-corrected chi connectivity index (χ1v) is 10.5. The third-order valence-corrected chi connectivity index (χ3v) is 7.46. The number of aryl methyl sites for hydroxylation is 1. The standard InChI is InChI=1S/C15H12ClFN2O2S3/c1-2-9-8-22-15(18-9)12-6-7-13(23-12)24(20,21)19-11-5-3-4-10(16)14(11)17/h3-8,19H,2H2,1H3. The Labute approximate surface area is 152 Å². The minimum absolute atomic E-state index is 0.0881. The highest BCUT2D eigenvalue weighted by Crippen LogP contribution is 2.34. The monoisotopic (exact) mass is 402 g/mol. The second-order valence-electron chi connectivity index (χ2n) is 4.82. The quantitative estimate of drug-likeness (QED) is 0.651. The number of hydrogen-bond donors (Lipinski definition) is 1. The molecule has 3 rings (SSSR count). The third kappa shape index (κ3) is 3.46. The van der Waals surface area contributed by atoms with Crippen LogP contribution < -0.4 is 4.72 Å². The van der Waals surface area contributed by atoms with Crippen molar-refractivity contribution < 1.29 is 12.8 Å². The van der Waals surface area contributed by atoms with E-state index in [0.29, 0.717) is 0 Å². The van der Waals surface area contributed by atoms with Crippen molar-refractivity contribution in [3.8, 4) is 9.88 Å². The molecule has 126 valence electrons. The molecule has 24 heavy (non-hydrogen) atoms. The zero-order chi connectivity index (χ0) is 17.3. The number of anilines is 1. The van der Waals surface area contributed by atoms with Gasteiger partial charge in [0.1, 0.15) is 9.22 Å². The lowest BCUT2D eigenvalue weighted by atomic mass is 10.3. The van der Waals surface area contributed by atoms with Gasteiger partial charge in [0.05, 0.1) is 21.3 Å². The number of sulfonamides is 1. The van der Waals surface area contributed by atoms with E-state index in [0.717, 1.165) is 33.3 Å². The Morgan fingerprint density at radius 3 is 2.79 bits per heavy atom. The Kier molecular flexibility index (Phi) is 4.91. The Balaban J connectivity index is 1.89. The van der Waals surface area contributed by atoms with Gasteiger partial charge in [0.25, 0.3) is 10.0 Å². The van der Waals surface area contributed by atoms with Crippen LogP contribution in [0.25, 0.3) is 9.88 Å². The number of benzene rings is 1. The molecule has 2 aromatic heterocycles. The summed E-state index contributed by atoms with van der Waals surface area (Å²) in [6.07, 6.45) is 0.822. The number of nitrogens with zero attached hydrogens (tertiary/aromatic N) is 1. The van der Waals surface area contributed by atoms with E-state index in [1.165, 1.54) is 35.6 Å². The molecule has 9 heteroatoms. The fourth-order valence-corrected chi connectivity index (χ4v) is 5.45. The first-order valence-electron chi connectivity index (χ1n) is 6.92. The summed E-state index contributed by atoms with van der Waals surface area (Å²) in [4.78, 5) is 5.20. The van der Waals surface area contributed by atoms with E-state index in [1.54, 1.807) is 6.07 Å². The van der Waals surface area contributed by atoms with Gasteiger partial charge in [0.15, 0.2) is 5.82 Å². The van der Waals surface area contributed by atoms with Crippen LogP contribution in [0.15, 0.2) is 39.9 Å². The van der Waals surface area contributed by atoms with Gasteiger partial charge in [-0.15, -0.1) is 22.7 Å². The van der Waals surface area contributed by atoms with Crippen LogP contribution in [0.1, 0.15) is 12.6 Å². The van der Waals surface area contributed by atoms with Gasteiger partial charge < -0.3 is 0 Å². The fourth-order valence-electron chi connectivity index (χ4n) is 1.94. The van der Waals surface area contributed by atoms with E-state index >= 15 is 0 Å². The average molecular weight is 403 g/mol. The number of thiophene rings is 1. The Bertz CT molecular complexity index is 982. The minimum Gasteiger partial charge on any atom is -0.276 e. The van der Waals surface area contributed by atoms with Crippen LogP contribution >= 0.6 is 34.3 Å². The van der Waals surface area contributed by atoms with Crippen LogP contribution in [0.3, 0.4) is 0 Å². The van der Waals surface area contributed by atoms with Crippen LogP contribution in [-0.2, 0) is 16.4 Å². The van der Waals surface area contributed by atoms with Crippen LogP contribution in [0.5, 0.6) is 0 Å². The molecule has 0 radical (unpaired) electrons. The molecule has 0 atom stereocenters. The van der Waals surface area contributed by atoms with Crippen molar-refractivity contribution in [1.82, 2.24) is 4.98 Å². The highest BCUT2D eigenvalue weighted by atomic mass is 35.5. The summed E-state index contributed by atoms with van der Waals surface area (Å²) in [5.41, 5.74) is 0.784. The SMILES string of the molecule is CCc1csc(-c2ccc(S(=O)(=O)Nc3cccc(Cl)c3F)s2)n1. The molecule has 1 N–H and O–H groups in total. The van der Waals surface area contributed by atoms with Gasteiger partial charge in [0.2, 0.25) is 0 Å². The van der Waals surface area contributed by atoms with Crippen molar-refractivity contribution in [3.63, 3.8) is 0 Å². The molecule has 0 aliphatic rings. The molecule has 0 aliphatic carbocycles. The van der Waals surface area contributed by atoms with Gasteiger partial charge in [-0.1, -0.05) is 24.6 Å². The lowest BCUT2D eigenvalue weighted by Gasteiger charge is -2.07. The van der Waals surface area contributed by atoms with Gasteiger partial charge >= 0.3 is 0 Å². The summed E-state index contributed by atoms with van der Waals surface area (Å²) in [7, 11) is -3.89. The molecule has 3 aromatic rings. The normalized spacial score (nSPS) is 11.6. The van der Waals surface area contributed by atoms with Gasteiger partial charge in [-0.25, -0.2) is 17.8 Å². The van der Waals surface area contributed by atoms with Crippen molar-refractivity contribution in [2.75, 3.05) is 4.72 Å². The summed E-state index contributed by atoms with van der Waals surface area (Å²) in [6, 6.07) is 7.34. The largest absolute Gasteiger partial charge is 0.276 e. The average Bonchev–Trinajstić information content (AvgIpc) is 3.20. The maximum atomic E-state index is 13.9. The number of halogens is 2. The lowest BCUT2D eigenvalue weighted by Crippen LogP contribution is -2.12. The third-order valence-electron chi connectivity index (χ3n) is 3.17. The topological polar surface area (TPSA) is 59.1 Å². The van der Waals surface area contributed by atoms with Gasteiger partial charge in [-0.05, 0) is 30.7 Å². The zero-order valence-corrected chi connectivity index (χ0v) is 15.6. The van der Waals surface area contributed by atoms with E-state index in [-0.39, 0.29) is 14.9 Å². The lowest BCUT2D eigenvalue weighted by molar-refractivity contribution is 0.600. The van der Waals surface area contributed by atoms with E-state index in [9.17, 15) is 12.8 Å². The number of rotatable bonds is 5. The molecule has 0 spiro atoms. The van der Waals surface area contributed by atoms with Crippen molar-refractivity contribution in [3.05, 3.63) is 52.2 Å². The summed E-state index contributed by atoms with van der Waals surface area (Å²) < 4.78 is 41.1. The van der Waals surface area contributed by atoms with Crippen LogP contribution in [0.2, 0.25) is 5.02 Å². The summed E-state index contributed by atoms with van der Waals surface area (Å²) >= 11 is 8.23. The molecule has 1 aromatic carbocycles. The van der Waals surface area contributed by atoms with Gasteiger partial charge in [0, 0.05) is 5.38 Å². The second kappa shape index (κ2) is 6.79. The maximum Gasteiger partial charge on any atom is 0.271 e. The molecular formula is C15H12ClFN2O2S3. The minimum atomic E-state index is -3.89. The zero-order valence-electron chi connectivity index (χ0n) is 12.4. The summed E-state index contributed by atoms with van der Waals surface area (Å²) in [5.74, 6) is -0.799. The molecule has 0 bridgehead atoms. The fraction of sp³-hybridized carbons (Fsp3) is 0.133. The molecule has 0 saturated heterocycles. The Morgan fingerprint density at radius 2 is 2.08 bits per heavy atom. The molecule has 0 fully saturated rings. The summed E-state index contributed by atoms with van der Waals surface area (Å²) in [6.45, 7) is 2.01. The molecule has 0 amide bonds. The van der Waals surface area contributed by atoms with Crippen molar-refractivity contribution in [2.24, 2.45) is 0 Å². The molecular weight excluding hydrogens is 391 g/mol. The van der Waals surface area contributed by atoms with Crippen LogP contribution in [0, 0.1) is 5.82 Å². The summed E-state index contributed by atoms with van der Waals surface area (Å²) in [5, 5.41) is 2.58. The van der Waals surface area contributed by atoms with Crippen molar-refractivity contribution in [1.29, 1.82) is 0 Å². The molecule has 0 aliphatic heterocycles. The molecule has 4 nitrogen and oxygen atoms in total. The molecule has 0 unspecified atom stereocenters. The molecule has 0 saturated carbocycles. The first-order chi connectivity index (χ1) is 11.4. The van der Waals surface area contributed by atoms with Gasteiger partial charge in [-0.3, -0.25) is 4.72 Å². The first kappa shape index (κ1) is 17.3. The van der Waals surface area contributed by atoms with Crippen molar-refractivity contribution >= 4 is 50.0 Å². The second-order valence-corrected chi connectivity index (χ2v) is 9.08. The van der Waals surface area contributed by atoms with E-state index < -0.39 is 15.8 Å². The van der Waals surface area contributed by atoms with Crippen molar-refractivity contribution in [2.45, 2.75) is 17.6 Å². The number of hydrogen-bond acceptors (Lipinski definition) is 5. The highest BCUT2D eigenvalue weighted by Gasteiger charge is 2.20.